The average molecular weight is 274 g/mol. The predicted octanol–water partition coefficient (Wildman–Crippen LogP) is 1.80. The van der Waals surface area contributed by atoms with Crippen LogP contribution in [-0.2, 0) is 9.59 Å². The number of hydrogen-bond acceptors (Lipinski definition) is 3. The van der Waals surface area contributed by atoms with Crippen LogP contribution in [0.2, 0.25) is 0 Å². The first-order valence-corrected chi connectivity index (χ1v) is 7.39. The number of carbonyl (C=O) groups excluding carboxylic acids is 2. The van der Waals surface area contributed by atoms with E-state index in [2.05, 4.69) is 31.4 Å². The second-order valence-electron chi connectivity index (χ2n) is 5.55. The van der Waals surface area contributed by atoms with Crippen molar-refractivity contribution in [3.8, 4) is 0 Å². The van der Waals surface area contributed by atoms with Gasteiger partial charge in [-0.05, 0) is 6.42 Å². The maximum atomic E-state index is 11.5. The molecular weight excluding hydrogens is 248 g/mol. The van der Waals surface area contributed by atoms with Crippen molar-refractivity contribution in [3.05, 3.63) is 0 Å². The summed E-state index contributed by atoms with van der Waals surface area (Å²) in [6, 6.07) is 0. The summed E-state index contributed by atoms with van der Waals surface area (Å²) in [5, 5.41) is 5.66. The number of carbonyl (C=O) groups is 2. The molecule has 0 spiro atoms. The van der Waals surface area contributed by atoms with E-state index in [-0.39, 0.29) is 22.5 Å². The monoisotopic (exact) mass is 274 g/mol. The second kappa shape index (κ2) is 8.40. The summed E-state index contributed by atoms with van der Waals surface area (Å²) in [5.74, 6) is 0.625. The van der Waals surface area contributed by atoms with Crippen LogP contribution in [0.25, 0.3) is 0 Å². The van der Waals surface area contributed by atoms with Crippen LogP contribution < -0.4 is 10.6 Å². The van der Waals surface area contributed by atoms with Crippen LogP contribution in [0.5, 0.6) is 0 Å². The standard InChI is InChI=1S/C13H26N2O2S/c1-10(2)12(17)15-8-6-7-14-11(16)9-18-13(3,4)5/h10H,6-9H2,1-5H3,(H,14,16)(H,15,17). The molecule has 0 atom stereocenters. The van der Waals surface area contributed by atoms with Crippen molar-refractivity contribution in [1.82, 2.24) is 10.6 Å². The number of nitrogens with one attached hydrogen (secondary N) is 2. The molecule has 4 nitrogen and oxygen atoms in total. The summed E-state index contributed by atoms with van der Waals surface area (Å²) in [7, 11) is 0. The SMILES string of the molecule is CC(C)C(=O)NCCCNC(=O)CSC(C)(C)C. The van der Waals surface area contributed by atoms with Gasteiger partial charge in [0, 0.05) is 23.8 Å². The number of hydrogen-bond donors (Lipinski definition) is 2. The molecule has 0 heterocycles. The molecule has 5 heteroatoms. The molecule has 0 bridgehead atoms. The molecular formula is C13H26N2O2S. The van der Waals surface area contributed by atoms with E-state index in [1.54, 1.807) is 11.8 Å². The summed E-state index contributed by atoms with van der Waals surface area (Å²) in [5.41, 5.74) is 0. The summed E-state index contributed by atoms with van der Waals surface area (Å²) in [6.07, 6.45) is 0.768. The fourth-order valence-electron chi connectivity index (χ4n) is 1.06. The van der Waals surface area contributed by atoms with Crippen molar-refractivity contribution in [2.45, 2.75) is 45.8 Å². The molecule has 18 heavy (non-hydrogen) atoms. The zero-order valence-corrected chi connectivity index (χ0v) is 12.9. The normalized spacial score (nSPS) is 11.4. The molecule has 0 saturated heterocycles. The number of thioether (sulfide) groups is 1. The maximum absolute atomic E-state index is 11.5. The highest BCUT2D eigenvalue weighted by atomic mass is 32.2. The summed E-state index contributed by atoms with van der Waals surface area (Å²) in [6.45, 7) is 11.2. The van der Waals surface area contributed by atoms with Gasteiger partial charge in [-0.1, -0.05) is 34.6 Å². The van der Waals surface area contributed by atoms with E-state index >= 15 is 0 Å². The van der Waals surface area contributed by atoms with Gasteiger partial charge in [-0.15, -0.1) is 11.8 Å². The molecule has 0 aliphatic rings. The Balaban J connectivity index is 3.50. The molecule has 0 saturated carbocycles. The zero-order chi connectivity index (χ0) is 14.2. The average Bonchev–Trinajstić information content (AvgIpc) is 2.24. The molecule has 0 aromatic heterocycles. The lowest BCUT2D eigenvalue weighted by Crippen LogP contribution is -2.32. The third kappa shape index (κ3) is 10.4. The second-order valence-corrected chi connectivity index (χ2v) is 7.35. The lowest BCUT2D eigenvalue weighted by molar-refractivity contribution is -0.123. The molecule has 0 rings (SSSR count). The summed E-state index contributed by atoms with van der Waals surface area (Å²) >= 11 is 1.63. The van der Waals surface area contributed by atoms with Crippen molar-refractivity contribution >= 4 is 23.6 Å². The molecule has 0 aromatic carbocycles. The first kappa shape index (κ1) is 17.3. The van der Waals surface area contributed by atoms with Crippen LogP contribution >= 0.6 is 11.8 Å². The number of rotatable bonds is 7. The van der Waals surface area contributed by atoms with Crippen LogP contribution in [0.15, 0.2) is 0 Å². The van der Waals surface area contributed by atoms with Gasteiger partial charge in [0.1, 0.15) is 0 Å². The largest absolute Gasteiger partial charge is 0.356 e. The first-order valence-electron chi connectivity index (χ1n) is 6.41. The molecule has 0 radical (unpaired) electrons. The Bertz CT molecular complexity index is 273. The van der Waals surface area contributed by atoms with Gasteiger partial charge in [0.2, 0.25) is 11.8 Å². The third-order valence-corrected chi connectivity index (χ3v) is 3.41. The summed E-state index contributed by atoms with van der Waals surface area (Å²) < 4.78 is 0.114. The van der Waals surface area contributed by atoms with Gasteiger partial charge in [0.15, 0.2) is 0 Å². The Morgan fingerprint density at radius 3 is 2.17 bits per heavy atom. The Morgan fingerprint density at radius 1 is 1.11 bits per heavy atom. The van der Waals surface area contributed by atoms with E-state index in [0.29, 0.717) is 18.8 Å². The van der Waals surface area contributed by atoms with Crippen LogP contribution in [0.1, 0.15) is 41.0 Å². The quantitative estimate of drug-likeness (QED) is 0.696. The van der Waals surface area contributed by atoms with Crippen molar-refractivity contribution in [3.63, 3.8) is 0 Å². The maximum Gasteiger partial charge on any atom is 0.230 e. The Kier molecular flexibility index (Phi) is 8.07. The van der Waals surface area contributed by atoms with E-state index in [4.69, 9.17) is 0 Å². The Morgan fingerprint density at radius 2 is 1.67 bits per heavy atom. The minimum Gasteiger partial charge on any atom is -0.356 e. The smallest absolute Gasteiger partial charge is 0.230 e. The van der Waals surface area contributed by atoms with Crippen molar-refractivity contribution in [2.24, 2.45) is 5.92 Å². The van der Waals surface area contributed by atoms with E-state index in [1.807, 2.05) is 13.8 Å². The van der Waals surface area contributed by atoms with E-state index in [9.17, 15) is 9.59 Å². The van der Waals surface area contributed by atoms with Gasteiger partial charge < -0.3 is 10.6 Å². The van der Waals surface area contributed by atoms with Crippen LogP contribution in [-0.4, -0.2) is 35.4 Å². The minimum absolute atomic E-state index is 0.0165. The van der Waals surface area contributed by atoms with Crippen molar-refractivity contribution in [2.75, 3.05) is 18.8 Å². The van der Waals surface area contributed by atoms with Gasteiger partial charge in [-0.25, -0.2) is 0 Å². The molecule has 0 aromatic rings. The lowest BCUT2D eigenvalue weighted by atomic mass is 10.2. The molecule has 2 amide bonds. The Labute approximate surface area is 115 Å². The Hall–Kier alpha value is -0.710. The highest BCUT2D eigenvalue weighted by Crippen LogP contribution is 2.22. The molecule has 0 unspecified atom stereocenters. The molecule has 0 fully saturated rings. The third-order valence-electron chi connectivity index (χ3n) is 2.14. The zero-order valence-electron chi connectivity index (χ0n) is 12.1. The first-order chi connectivity index (χ1) is 8.22. The van der Waals surface area contributed by atoms with Gasteiger partial charge in [-0.3, -0.25) is 9.59 Å². The number of amides is 2. The molecule has 0 aliphatic carbocycles. The topological polar surface area (TPSA) is 58.2 Å². The van der Waals surface area contributed by atoms with Gasteiger partial charge >= 0.3 is 0 Å². The lowest BCUT2D eigenvalue weighted by Gasteiger charge is -2.17. The molecule has 106 valence electrons. The highest BCUT2D eigenvalue weighted by molar-refractivity contribution is 8.01. The van der Waals surface area contributed by atoms with Crippen molar-refractivity contribution < 1.29 is 9.59 Å². The van der Waals surface area contributed by atoms with E-state index < -0.39 is 0 Å². The van der Waals surface area contributed by atoms with E-state index in [0.717, 1.165) is 6.42 Å². The van der Waals surface area contributed by atoms with Gasteiger partial charge in [0.25, 0.3) is 0 Å². The van der Waals surface area contributed by atoms with Crippen LogP contribution in [0.4, 0.5) is 0 Å². The van der Waals surface area contributed by atoms with Gasteiger partial charge in [-0.2, -0.15) is 0 Å². The van der Waals surface area contributed by atoms with E-state index in [1.165, 1.54) is 0 Å². The van der Waals surface area contributed by atoms with Crippen LogP contribution in [0.3, 0.4) is 0 Å². The fourth-order valence-corrected chi connectivity index (χ4v) is 1.73. The fraction of sp³-hybridized carbons (Fsp3) is 0.846. The van der Waals surface area contributed by atoms with Crippen molar-refractivity contribution in [1.29, 1.82) is 0 Å². The molecule has 2 N–H and O–H groups in total. The molecule has 0 aliphatic heterocycles. The van der Waals surface area contributed by atoms with Crippen LogP contribution in [0, 0.1) is 5.92 Å². The predicted molar refractivity (Wildman–Crippen MR) is 77.7 cm³/mol. The minimum atomic E-state index is 0.0165. The van der Waals surface area contributed by atoms with Gasteiger partial charge in [0.05, 0.1) is 5.75 Å². The highest BCUT2D eigenvalue weighted by Gasteiger charge is 2.12. The summed E-state index contributed by atoms with van der Waals surface area (Å²) in [4.78, 5) is 22.7.